The van der Waals surface area contributed by atoms with Gasteiger partial charge in [-0.15, -0.1) is 0 Å². The summed E-state index contributed by atoms with van der Waals surface area (Å²) in [5.74, 6) is -1.01. The second kappa shape index (κ2) is 7.71. The molecule has 0 aliphatic carbocycles. The Kier molecular flexibility index (Phi) is 5.08. The standard InChI is InChI=1S/C24H23NO5/c1-4-11-25-20(15-8-5-7-14(2)12-15)19(22(27)24(25)28)21(26)18-13-16-9-6-10-17(29-3)23(16)30-18/h5-10,12-13,20,27H,4,11H2,1-3H3. The first-order valence-electron chi connectivity index (χ1n) is 9.88. The SMILES string of the molecule is CCCN1C(=O)C(O)=C(C(=O)c2cc3cccc(OC)c3o2)C1c1cccc(C)c1. The topological polar surface area (TPSA) is 80.0 Å². The van der Waals surface area contributed by atoms with Crippen molar-refractivity contribution in [1.29, 1.82) is 0 Å². The third-order valence-electron chi connectivity index (χ3n) is 5.32. The molecule has 2 aromatic carbocycles. The number of ether oxygens (including phenoxy) is 1. The van der Waals surface area contributed by atoms with Gasteiger partial charge in [0.2, 0.25) is 5.78 Å². The van der Waals surface area contributed by atoms with Crippen molar-refractivity contribution in [2.45, 2.75) is 26.3 Å². The maximum atomic E-state index is 13.5. The predicted octanol–water partition coefficient (Wildman–Crippen LogP) is 4.74. The number of Topliss-reactive ketones (excluding diaryl/α,β-unsaturated/α-hetero) is 1. The highest BCUT2D eigenvalue weighted by Gasteiger charge is 2.44. The molecule has 154 valence electrons. The maximum absolute atomic E-state index is 13.5. The van der Waals surface area contributed by atoms with Gasteiger partial charge in [-0.2, -0.15) is 0 Å². The molecule has 0 radical (unpaired) electrons. The molecule has 1 atom stereocenters. The Morgan fingerprint density at radius 3 is 2.67 bits per heavy atom. The number of amides is 1. The van der Waals surface area contributed by atoms with E-state index in [0.717, 1.165) is 11.1 Å². The number of ketones is 1. The first-order valence-corrected chi connectivity index (χ1v) is 9.88. The van der Waals surface area contributed by atoms with Crippen LogP contribution in [0.3, 0.4) is 0 Å². The molecular formula is C24H23NO5. The molecule has 1 amide bonds. The van der Waals surface area contributed by atoms with Crippen molar-refractivity contribution < 1.29 is 23.8 Å². The minimum absolute atomic E-state index is 0.0390. The van der Waals surface area contributed by atoms with Crippen LogP contribution in [0.5, 0.6) is 5.75 Å². The Labute approximate surface area is 174 Å². The first-order chi connectivity index (χ1) is 14.5. The van der Waals surface area contributed by atoms with Crippen molar-refractivity contribution in [2.24, 2.45) is 0 Å². The Morgan fingerprint density at radius 2 is 1.97 bits per heavy atom. The van der Waals surface area contributed by atoms with Gasteiger partial charge in [-0.3, -0.25) is 9.59 Å². The fourth-order valence-corrected chi connectivity index (χ4v) is 3.99. The van der Waals surface area contributed by atoms with Crippen LogP contribution in [-0.4, -0.2) is 35.4 Å². The molecule has 1 aromatic heterocycles. The van der Waals surface area contributed by atoms with Gasteiger partial charge in [-0.05, 0) is 31.0 Å². The summed E-state index contributed by atoms with van der Waals surface area (Å²) in [6.07, 6.45) is 0.699. The molecule has 3 aromatic rings. The van der Waals surface area contributed by atoms with E-state index in [1.54, 1.807) is 23.1 Å². The minimum Gasteiger partial charge on any atom is -0.503 e. The monoisotopic (exact) mass is 405 g/mol. The number of carbonyl (C=O) groups excluding carboxylic acids is 2. The van der Waals surface area contributed by atoms with Gasteiger partial charge in [0.1, 0.15) is 0 Å². The molecule has 1 aliphatic heterocycles. The van der Waals surface area contributed by atoms with Crippen LogP contribution in [0, 0.1) is 6.92 Å². The third kappa shape index (κ3) is 3.14. The van der Waals surface area contributed by atoms with Gasteiger partial charge in [0, 0.05) is 11.9 Å². The second-order valence-electron chi connectivity index (χ2n) is 7.40. The van der Waals surface area contributed by atoms with Crippen LogP contribution < -0.4 is 4.74 Å². The summed E-state index contributed by atoms with van der Waals surface area (Å²) in [5, 5.41) is 11.4. The number of hydrogen-bond acceptors (Lipinski definition) is 5. The van der Waals surface area contributed by atoms with E-state index in [1.807, 2.05) is 44.2 Å². The highest BCUT2D eigenvalue weighted by atomic mass is 16.5. The molecule has 0 fully saturated rings. The average Bonchev–Trinajstić information content (AvgIpc) is 3.28. The molecule has 0 bridgehead atoms. The van der Waals surface area contributed by atoms with Crippen molar-refractivity contribution in [1.82, 2.24) is 4.90 Å². The molecule has 6 nitrogen and oxygen atoms in total. The molecular weight excluding hydrogens is 382 g/mol. The number of aliphatic hydroxyl groups excluding tert-OH is 1. The summed E-state index contributed by atoms with van der Waals surface area (Å²) in [6.45, 7) is 4.32. The Bertz CT molecular complexity index is 1170. The summed E-state index contributed by atoms with van der Waals surface area (Å²) in [5.41, 5.74) is 2.27. The summed E-state index contributed by atoms with van der Waals surface area (Å²) in [4.78, 5) is 27.8. The van der Waals surface area contributed by atoms with Crippen molar-refractivity contribution in [3.05, 3.63) is 76.8 Å². The molecule has 1 N–H and O–H groups in total. The van der Waals surface area contributed by atoms with Gasteiger partial charge in [-0.25, -0.2) is 0 Å². The van der Waals surface area contributed by atoms with Crippen LogP contribution in [0.2, 0.25) is 0 Å². The van der Waals surface area contributed by atoms with E-state index in [1.165, 1.54) is 7.11 Å². The first kappa shape index (κ1) is 19.8. The maximum Gasteiger partial charge on any atom is 0.290 e. The number of rotatable bonds is 6. The van der Waals surface area contributed by atoms with Crippen LogP contribution >= 0.6 is 0 Å². The Balaban J connectivity index is 1.84. The number of aryl methyl sites for hydroxylation is 1. The van der Waals surface area contributed by atoms with Crippen molar-refractivity contribution in [3.63, 3.8) is 0 Å². The van der Waals surface area contributed by atoms with E-state index in [-0.39, 0.29) is 11.3 Å². The Morgan fingerprint density at radius 1 is 1.20 bits per heavy atom. The predicted molar refractivity (Wildman–Crippen MR) is 113 cm³/mol. The smallest absolute Gasteiger partial charge is 0.290 e. The lowest BCUT2D eigenvalue weighted by molar-refractivity contribution is -0.129. The lowest BCUT2D eigenvalue weighted by atomic mass is 9.94. The van der Waals surface area contributed by atoms with Crippen molar-refractivity contribution >= 4 is 22.7 Å². The quantitative estimate of drug-likeness (QED) is 0.599. The molecule has 0 saturated heterocycles. The van der Waals surface area contributed by atoms with E-state index in [2.05, 4.69) is 0 Å². The van der Waals surface area contributed by atoms with Crippen LogP contribution in [0.15, 0.2) is 64.3 Å². The minimum atomic E-state index is -0.667. The lowest BCUT2D eigenvalue weighted by Gasteiger charge is -2.26. The summed E-state index contributed by atoms with van der Waals surface area (Å²) >= 11 is 0. The number of hydrogen-bond donors (Lipinski definition) is 1. The number of para-hydroxylation sites is 1. The van der Waals surface area contributed by atoms with Gasteiger partial charge >= 0.3 is 0 Å². The third-order valence-corrected chi connectivity index (χ3v) is 5.32. The Hall–Kier alpha value is -3.54. The molecule has 1 unspecified atom stereocenters. The van der Waals surface area contributed by atoms with E-state index >= 15 is 0 Å². The largest absolute Gasteiger partial charge is 0.503 e. The molecule has 0 saturated carbocycles. The van der Waals surface area contributed by atoms with Crippen LogP contribution in [0.1, 0.15) is 41.1 Å². The molecule has 6 heteroatoms. The lowest BCUT2D eigenvalue weighted by Crippen LogP contribution is -2.31. The van der Waals surface area contributed by atoms with Crippen molar-refractivity contribution in [2.75, 3.05) is 13.7 Å². The van der Waals surface area contributed by atoms with E-state index < -0.39 is 23.5 Å². The van der Waals surface area contributed by atoms with Gasteiger partial charge in [0.05, 0.1) is 18.7 Å². The van der Waals surface area contributed by atoms with Gasteiger partial charge < -0.3 is 19.2 Å². The zero-order chi connectivity index (χ0) is 21.4. The number of fused-ring (bicyclic) bond motifs is 1. The summed E-state index contributed by atoms with van der Waals surface area (Å²) in [6, 6.07) is 13.9. The van der Waals surface area contributed by atoms with E-state index in [9.17, 15) is 14.7 Å². The van der Waals surface area contributed by atoms with Crippen molar-refractivity contribution in [3.8, 4) is 5.75 Å². The number of nitrogens with zero attached hydrogens (tertiary/aromatic N) is 1. The highest BCUT2D eigenvalue weighted by molar-refractivity contribution is 6.16. The summed E-state index contributed by atoms with van der Waals surface area (Å²) < 4.78 is 11.1. The number of carbonyl (C=O) groups is 2. The van der Waals surface area contributed by atoms with Crippen LogP contribution in [0.4, 0.5) is 0 Å². The number of benzene rings is 2. The number of furan rings is 1. The number of methoxy groups -OCH3 is 1. The fourth-order valence-electron chi connectivity index (χ4n) is 3.99. The van der Waals surface area contributed by atoms with E-state index in [0.29, 0.717) is 29.7 Å². The molecule has 4 rings (SSSR count). The fraction of sp³-hybridized carbons (Fsp3) is 0.250. The molecule has 1 aliphatic rings. The molecule has 2 heterocycles. The van der Waals surface area contributed by atoms with Crippen LogP contribution in [-0.2, 0) is 4.79 Å². The number of aliphatic hydroxyl groups is 1. The van der Waals surface area contributed by atoms with Gasteiger partial charge in [0.25, 0.3) is 5.91 Å². The zero-order valence-corrected chi connectivity index (χ0v) is 17.1. The molecule has 0 spiro atoms. The zero-order valence-electron chi connectivity index (χ0n) is 17.1. The second-order valence-corrected chi connectivity index (χ2v) is 7.40. The summed E-state index contributed by atoms with van der Waals surface area (Å²) in [7, 11) is 1.53. The van der Waals surface area contributed by atoms with Gasteiger partial charge in [-0.1, -0.05) is 48.9 Å². The van der Waals surface area contributed by atoms with E-state index in [4.69, 9.17) is 9.15 Å². The normalized spacial score (nSPS) is 16.6. The van der Waals surface area contributed by atoms with Crippen LogP contribution in [0.25, 0.3) is 11.0 Å². The average molecular weight is 405 g/mol. The van der Waals surface area contributed by atoms with Gasteiger partial charge in [0.15, 0.2) is 22.9 Å². The molecule has 30 heavy (non-hydrogen) atoms. The highest BCUT2D eigenvalue weighted by Crippen LogP contribution is 2.40.